The number of likely N-dealkylation sites (tertiary alicyclic amines) is 1. The number of nitrogens with two attached hydrogens (primary N) is 1. The van der Waals surface area contributed by atoms with E-state index in [4.69, 9.17) is 5.73 Å². The van der Waals surface area contributed by atoms with Crippen LogP contribution in [0.4, 0.5) is 16.2 Å². The molecule has 0 spiro atoms. The Balaban J connectivity index is 0.00000300. The van der Waals surface area contributed by atoms with E-state index in [2.05, 4.69) is 10.6 Å². The van der Waals surface area contributed by atoms with Gasteiger partial charge in [-0.15, -0.1) is 12.4 Å². The van der Waals surface area contributed by atoms with E-state index < -0.39 is 0 Å². The Hall–Kier alpha value is -1.79. The van der Waals surface area contributed by atoms with Crippen molar-refractivity contribution in [3.05, 3.63) is 24.3 Å². The van der Waals surface area contributed by atoms with Crippen LogP contribution >= 0.6 is 12.4 Å². The number of amides is 3. The molecule has 2 aliphatic rings. The highest BCUT2D eigenvalue weighted by Crippen LogP contribution is 2.38. The maximum atomic E-state index is 12.5. The average molecular weight is 423 g/mol. The number of benzene rings is 1. The summed E-state index contributed by atoms with van der Waals surface area (Å²) in [5, 5.41) is 5.94. The number of carbonyl (C=O) groups excluding carboxylic acids is 2. The predicted octanol–water partition coefficient (Wildman–Crippen LogP) is 4.75. The number of anilines is 2. The average Bonchev–Trinajstić information content (AvgIpc) is 3.00. The third-order valence-corrected chi connectivity index (χ3v) is 6.20. The van der Waals surface area contributed by atoms with Crippen LogP contribution in [-0.2, 0) is 4.79 Å². The summed E-state index contributed by atoms with van der Waals surface area (Å²) in [4.78, 5) is 26.8. The lowest BCUT2D eigenvalue weighted by Crippen LogP contribution is -2.36. The molecule has 0 aromatic heterocycles. The number of halogens is 1. The quantitative estimate of drug-likeness (QED) is 0.639. The molecule has 1 saturated carbocycles. The summed E-state index contributed by atoms with van der Waals surface area (Å²) < 4.78 is 0. The first-order chi connectivity index (χ1) is 13.6. The van der Waals surface area contributed by atoms with Crippen LogP contribution in [0.1, 0.15) is 64.2 Å². The predicted molar refractivity (Wildman–Crippen MR) is 121 cm³/mol. The molecule has 1 aliphatic carbocycles. The van der Waals surface area contributed by atoms with E-state index in [1.807, 2.05) is 29.2 Å². The number of urea groups is 1. The van der Waals surface area contributed by atoms with Crippen LogP contribution in [0.5, 0.6) is 0 Å². The minimum absolute atomic E-state index is 0. The summed E-state index contributed by atoms with van der Waals surface area (Å²) in [6, 6.07) is 7.31. The van der Waals surface area contributed by atoms with Crippen molar-refractivity contribution in [3.8, 4) is 0 Å². The van der Waals surface area contributed by atoms with Crippen molar-refractivity contribution >= 4 is 35.7 Å². The molecule has 3 amide bonds. The first kappa shape index (κ1) is 23.5. The van der Waals surface area contributed by atoms with Crippen molar-refractivity contribution in [2.75, 3.05) is 30.3 Å². The monoisotopic (exact) mass is 422 g/mol. The summed E-state index contributed by atoms with van der Waals surface area (Å²) in [6.07, 6.45) is 10.7. The van der Waals surface area contributed by atoms with Crippen molar-refractivity contribution in [2.45, 2.75) is 64.2 Å². The highest BCUT2D eigenvalue weighted by molar-refractivity contribution is 5.92. The summed E-state index contributed by atoms with van der Waals surface area (Å²) in [5.74, 6) is 0.0219. The van der Waals surface area contributed by atoms with Crippen LogP contribution in [0.25, 0.3) is 0 Å². The molecule has 1 saturated heterocycles. The van der Waals surface area contributed by atoms with Gasteiger partial charge in [-0.25, -0.2) is 4.79 Å². The first-order valence-electron chi connectivity index (χ1n) is 10.8. The fourth-order valence-corrected chi connectivity index (χ4v) is 4.41. The molecular formula is C22H35ClN4O2. The number of rotatable bonds is 5. The molecule has 1 aromatic rings. The molecular weight excluding hydrogens is 388 g/mol. The van der Waals surface area contributed by atoms with Gasteiger partial charge in [0.15, 0.2) is 0 Å². The fraction of sp³-hybridized carbons (Fsp3) is 0.636. The lowest BCUT2D eigenvalue weighted by molar-refractivity contribution is -0.118. The van der Waals surface area contributed by atoms with Crippen molar-refractivity contribution in [1.29, 1.82) is 0 Å². The Labute approximate surface area is 180 Å². The van der Waals surface area contributed by atoms with E-state index in [9.17, 15) is 9.59 Å². The molecule has 0 unspecified atom stereocenters. The largest absolute Gasteiger partial charge is 0.330 e. The van der Waals surface area contributed by atoms with Crippen molar-refractivity contribution in [3.63, 3.8) is 0 Å². The van der Waals surface area contributed by atoms with Crippen molar-refractivity contribution < 1.29 is 9.59 Å². The summed E-state index contributed by atoms with van der Waals surface area (Å²) in [6.45, 7) is 2.22. The lowest BCUT2D eigenvalue weighted by atomic mass is 9.71. The molecule has 7 heteroatoms. The number of hydrogen-bond acceptors (Lipinski definition) is 3. The zero-order valence-corrected chi connectivity index (χ0v) is 18.1. The number of nitrogens with one attached hydrogen (secondary N) is 2. The van der Waals surface area contributed by atoms with Gasteiger partial charge in [0.1, 0.15) is 0 Å². The molecule has 1 aromatic carbocycles. The molecule has 6 nitrogen and oxygen atoms in total. The number of hydrogen-bond donors (Lipinski definition) is 3. The molecule has 1 heterocycles. The van der Waals surface area contributed by atoms with E-state index >= 15 is 0 Å². The zero-order valence-electron chi connectivity index (χ0n) is 17.3. The molecule has 3 rings (SSSR count). The minimum atomic E-state index is -0.0409. The summed E-state index contributed by atoms with van der Waals surface area (Å²) in [7, 11) is 0. The van der Waals surface area contributed by atoms with E-state index in [0.717, 1.165) is 63.0 Å². The molecule has 4 N–H and O–H groups in total. The Bertz CT molecular complexity index is 651. The first-order valence-corrected chi connectivity index (χ1v) is 10.8. The van der Waals surface area contributed by atoms with Crippen molar-refractivity contribution in [2.24, 2.45) is 11.1 Å². The van der Waals surface area contributed by atoms with Gasteiger partial charge in [-0.05, 0) is 61.9 Å². The van der Waals surface area contributed by atoms with Gasteiger partial charge < -0.3 is 21.3 Å². The maximum Gasteiger partial charge on any atom is 0.321 e. The van der Waals surface area contributed by atoms with E-state index in [-0.39, 0.29) is 29.8 Å². The zero-order chi connectivity index (χ0) is 19.8. The van der Waals surface area contributed by atoms with E-state index in [0.29, 0.717) is 13.0 Å². The summed E-state index contributed by atoms with van der Waals surface area (Å²) >= 11 is 0. The molecule has 0 atom stereocenters. The number of nitrogens with zero attached hydrogens (tertiary/aromatic N) is 1. The molecule has 0 radical (unpaired) electrons. The van der Waals surface area contributed by atoms with Crippen LogP contribution in [0, 0.1) is 5.41 Å². The highest BCUT2D eigenvalue weighted by atomic mass is 35.5. The molecule has 0 bridgehead atoms. The third kappa shape index (κ3) is 6.89. The third-order valence-electron chi connectivity index (χ3n) is 6.20. The number of carbonyl (C=O) groups is 2. The lowest BCUT2D eigenvalue weighted by Gasteiger charge is -2.35. The normalized spacial score (nSPS) is 18.9. The molecule has 162 valence electrons. The SMILES string of the molecule is Cl.NCC1(CC(=O)Nc2ccc(NC(=O)N3CCCCCC3)cc2)CCCCC1. The van der Waals surface area contributed by atoms with Gasteiger partial charge in [-0.3, -0.25) is 4.79 Å². The Morgan fingerprint density at radius 1 is 0.862 bits per heavy atom. The van der Waals surface area contributed by atoms with Gasteiger partial charge in [-0.2, -0.15) is 0 Å². The standard InChI is InChI=1S/C22H34N4O2.ClH/c23-17-22(12-4-3-5-13-22)16-20(27)24-18-8-10-19(11-9-18)25-21(28)26-14-6-1-2-7-15-26;/h8-11H,1-7,12-17,23H2,(H,24,27)(H,25,28);1H. The molecule has 1 aliphatic heterocycles. The van der Waals surface area contributed by atoms with Gasteiger partial charge in [0.05, 0.1) is 0 Å². The second kappa shape index (κ2) is 11.4. The maximum absolute atomic E-state index is 12.5. The molecule has 29 heavy (non-hydrogen) atoms. The van der Waals surface area contributed by atoms with Gasteiger partial charge in [0.25, 0.3) is 0 Å². The van der Waals surface area contributed by atoms with E-state index in [1.165, 1.54) is 19.3 Å². The topological polar surface area (TPSA) is 87.5 Å². The fourth-order valence-electron chi connectivity index (χ4n) is 4.41. The second-order valence-corrected chi connectivity index (χ2v) is 8.40. The smallest absolute Gasteiger partial charge is 0.321 e. The van der Waals surface area contributed by atoms with Crippen LogP contribution in [0.2, 0.25) is 0 Å². The molecule has 2 fully saturated rings. The highest BCUT2D eigenvalue weighted by Gasteiger charge is 2.32. The minimum Gasteiger partial charge on any atom is -0.330 e. The van der Waals surface area contributed by atoms with Gasteiger partial charge >= 0.3 is 6.03 Å². The van der Waals surface area contributed by atoms with Crippen LogP contribution in [0.15, 0.2) is 24.3 Å². The van der Waals surface area contributed by atoms with Gasteiger partial charge in [-0.1, -0.05) is 32.1 Å². The van der Waals surface area contributed by atoms with Crippen LogP contribution in [0.3, 0.4) is 0 Å². The van der Waals surface area contributed by atoms with Crippen LogP contribution < -0.4 is 16.4 Å². The van der Waals surface area contributed by atoms with Gasteiger partial charge in [0, 0.05) is 30.9 Å². The summed E-state index contributed by atoms with van der Waals surface area (Å²) in [5.41, 5.74) is 7.45. The van der Waals surface area contributed by atoms with E-state index in [1.54, 1.807) is 0 Å². The van der Waals surface area contributed by atoms with Crippen LogP contribution in [-0.4, -0.2) is 36.5 Å². The second-order valence-electron chi connectivity index (χ2n) is 8.40. The Kier molecular flexibility index (Phi) is 9.24. The Morgan fingerprint density at radius 2 is 1.38 bits per heavy atom. The Morgan fingerprint density at radius 3 is 1.93 bits per heavy atom. The van der Waals surface area contributed by atoms with Crippen molar-refractivity contribution in [1.82, 2.24) is 4.90 Å². The van der Waals surface area contributed by atoms with Gasteiger partial charge in [0.2, 0.25) is 5.91 Å².